The Morgan fingerprint density at radius 3 is 2.61 bits per heavy atom. The Hall–Kier alpha value is -3.09. The van der Waals surface area contributed by atoms with Crippen LogP contribution in [0.4, 0.5) is 11.6 Å². The summed E-state index contributed by atoms with van der Waals surface area (Å²) in [6.07, 6.45) is 4.94. The highest BCUT2D eigenvalue weighted by Crippen LogP contribution is 2.20. The number of furan rings is 1. The van der Waals surface area contributed by atoms with Gasteiger partial charge in [0.25, 0.3) is 0 Å². The van der Waals surface area contributed by atoms with E-state index in [1.807, 2.05) is 14.1 Å². The number of hydrogen-bond donors (Lipinski definition) is 1. The van der Waals surface area contributed by atoms with E-state index in [1.165, 1.54) is 4.68 Å². The summed E-state index contributed by atoms with van der Waals surface area (Å²) in [7, 11) is 4.02. The second-order valence-electron chi connectivity index (χ2n) is 6.91. The first-order valence-corrected chi connectivity index (χ1v) is 9.62. The van der Waals surface area contributed by atoms with Gasteiger partial charge in [0.1, 0.15) is 0 Å². The van der Waals surface area contributed by atoms with Crippen LogP contribution in [0.15, 0.2) is 47.1 Å². The minimum Gasteiger partial charge on any atom is -0.461 e. The molecule has 2 heterocycles. The monoisotopic (exact) mass is 381 g/mol. The number of nitrogens with one attached hydrogen (secondary N) is 1. The van der Waals surface area contributed by atoms with Crippen LogP contribution in [0.25, 0.3) is 11.6 Å². The van der Waals surface area contributed by atoms with Crippen molar-refractivity contribution in [3.05, 3.63) is 48.2 Å². The highest BCUT2D eigenvalue weighted by Gasteiger charge is 2.18. The number of hydrogen-bond acceptors (Lipinski definition) is 6. The molecule has 7 heteroatoms. The van der Waals surface area contributed by atoms with Crippen molar-refractivity contribution in [3.63, 3.8) is 0 Å². The van der Waals surface area contributed by atoms with Gasteiger partial charge in [-0.2, -0.15) is 9.67 Å². The largest absolute Gasteiger partial charge is 0.461 e. The van der Waals surface area contributed by atoms with Crippen LogP contribution < -0.4 is 10.2 Å². The van der Waals surface area contributed by atoms with Crippen LogP contribution in [0.1, 0.15) is 43.0 Å². The van der Waals surface area contributed by atoms with E-state index in [0.29, 0.717) is 30.5 Å². The van der Waals surface area contributed by atoms with Gasteiger partial charge in [-0.25, -0.2) is 0 Å². The molecule has 1 aromatic carbocycles. The van der Waals surface area contributed by atoms with Gasteiger partial charge in [0.2, 0.25) is 17.7 Å². The maximum absolute atomic E-state index is 12.6. The Morgan fingerprint density at radius 2 is 1.96 bits per heavy atom. The topological polar surface area (TPSA) is 76.2 Å². The summed E-state index contributed by atoms with van der Waals surface area (Å²) in [5.41, 5.74) is 2.23. The molecule has 0 unspecified atom stereocenters. The van der Waals surface area contributed by atoms with Gasteiger partial charge in [-0.1, -0.05) is 31.9 Å². The first kappa shape index (κ1) is 19.7. The standard InChI is InChI=1S/C21H27N5O2/c1-4-5-6-9-19(27)26-21(23-20(24-26)18-8-7-14-28-18)22-15-16-10-12-17(13-11-16)25(2)3/h7-8,10-14H,4-6,9,15H2,1-3H3,(H,22,23,24). The van der Waals surface area contributed by atoms with Crippen molar-refractivity contribution in [2.75, 3.05) is 24.3 Å². The van der Waals surface area contributed by atoms with Crippen LogP contribution in [-0.2, 0) is 6.54 Å². The summed E-state index contributed by atoms with van der Waals surface area (Å²) in [5, 5.41) is 7.62. The quantitative estimate of drug-likeness (QED) is 0.552. The normalized spacial score (nSPS) is 10.8. The SMILES string of the molecule is CCCCCC(=O)n1nc(-c2ccco2)nc1NCc1ccc(N(C)C)cc1. The van der Waals surface area contributed by atoms with Crippen molar-refractivity contribution in [1.82, 2.24) is 14.8 Å². The van der Waals surface area contributed by atoms with E-state index in [0.717, 1.165) is 30.5 Å². The smallest absolute Gasteiger partial charge is 0.250 e. The van der Waals surface area contributed by atoms with Crippen molar-refractivity contribution in [2.45, 2.75) is 39.2 Å². The van der Waals surface area contributed by atoms with Crippen molar-refractivity contribution in [1.29, 1.82) is 0 Å². The molecule has 148 valence electrons. The summed E-state index contributed by atoms with van der Waals surface area (Å²) in [6, 6.07) is 11.8. The van der Waals surface area contributed by atoms with Crippen LogP contribution in [0.5, 0.6) is 0 Å². The summed E-state index contributed by atoms with van der Waals surface area (Å²) >= 11 is 0. The molecule has 0 fully saturated rings. The van der Waals surface area contributed by atoms with Crippen molar-refractivity contribution < 1.29 is 9.21 Å². The zero-order chi connectivity index (χ0) is 19.9. The zero-order valence-electron chi connectivity index (χ0n) is 16.7. The van der Waals surface area contributed by atoms with E-state index >= 15 is 0 Å². The molecule has 0 radical (unpaired) electrons. The third kappa shape index (κ3) is 4.79. The van der Waals surface area contributed by atoms with E-state index in [-0.39, 0.29) is 5.91 Å². The first-order chi connectivity index (χ1) is 13.6. The Morgan fingerprint density at radius 1 is 1.18 bits per heavy atom. The molecule has 0 saturated carbocycles. The average Bonchev–Trinajstić information content (AvgIpc) is 3.36. The van der Waals surface area contributed by atoms with Gasteiger partial charge in [0.05, 0.1) is 6.26 Å². The van der Waals surface area contributed by atoms with E-state index in [2.05, 4.69) is 51.5 Å². The first-order valence-electron chi connectivity index (χ1n) is 9.62. The van der Waals surface area contributed by atoms with E-state index < -0.39 is 0 Å². The molecule has 0 atom stereocenters. The maximum atomic E-state index is 12.6. The van der Waals surface area contributed by atoms with E-state index in [9.17, 15) is 4.79 Å². The number of aromatic nitrogens is 3. The summed E-state index contributed by atoms with van der Waals surface area (Å²) in [4.78, 5) is 19.2. The Bertz CT molecular complexity index is 882. The lowest BCUT2D eigenvalue weighted by Crippen LogP contribution is -2.16. The number of rotatable bonds is 9. The molecule has 2 aromatic heterocycles. The third-order valence-electron chi connectivity index (χ3n) is 4.48. The predicted octanol–water partition coefficient (Wildman–Crippen LogP) is 4.44. The molecule has 0 aliphatic rings. The minimum absolute atomic E-state index is 0.0655. The molecule has 0 spiro atoms. The Kier molecular flexibility index (Phi) is 6.47. The van der Waals surface area contributed by atoms with Crippen LogP contribution in [-0.4, -0.2) is 34.8 Å². The molecule has 7 nitrogen and oxygen atoms in total. The fourth-order valence-electron chi connectivity index (χ4n) is 2.84. The van der Waals surface area contributed by atoms with Gasteiger partial charge in [-0.15, -0.1) is 5.10 Å². The second kappa shape index (κ2) is 9.21. The molecule has 0 saturated heterocycles. The number of nitrogens with zero attached hydrogens (tertiary/aromatic N) is 4. The summed E-state index contributed by atoms with van der Waals surface area (Å²) in [6.45, 7) is 2.66. The molecule has 3 rings (SSSR count). The average molecular weight is 381 g/mol. The molecular formula is C21H27N5O2. The molecule has 0 amide bonds. The molecule has 28 heavy (non-hydrogen) atoms. The van der Waals surface area contributed by atoms with Gasteiger partial charge < -0.3 is 14.6 Å². The zero-order valence-corrected chi connectivity index (χ0v) is 16.7. The molecular weight excluding hydrogens is 354 g/mol. The van der Waals surface area contributed by atoms with Crippen LogP contribution in [0.3, 0.4) is 0 Å². The second-order valence-corrected chi connectivity index (χ2v) is 6.91. The lowest BCUT2D eigenvalue weighted by molar-refractivity contribution is 0.0886. The van der Waals surface area contributed by atoms with E-state index in [4.69, 9.17) is 4.42 Å². The number of carbonyl (C=O) groups is 1. The van der Waals surface area contributed by atoms with Gasteiger partial charge in [0.15, 0.2) is 5.76 Å². The van der Waals surface area contributed by atoms with Crippen LogP contribution in [0, 0.1) is 0 Å². The maximum Gasteiger partial charge on any atom is 0.250 e. The number of carbonyl (C=O) groups excluding carboxylic acids is 1. The van der Waals surface area contributed by atoms with Crippen molar-refractivity contribution in [3.8, 4) is 11.6 Å². The third-order valence-corrected chi connectivity index (χ3v) is 4.48. The Labute approximate surface area is 165 Å². The number of anilines is 2. The minimum atomic E-state index is -0.0655. The van der Waals surface area contributed by atoms with Gasteiger partial charge in [-0.05, 0) is 36.2 Å². The fourth-order valence-corrected chi connectivity index (χ4v) is 2.84. The fraction of sp³-hybridized carbons (Fsp3) is 0.381. The van der Waals surface area contributed by atoms with Crippen molar-refractivity contribution in [2.24, 2.45) is 0 Å². The predicted molar refractivity (Wildman–Crippen MR) is 111 cm³/mol. The van der Waals surface area contributed by atoms with Crippen LogP contribution >= 0.6 is 0 Å². The molecule has 0 aliphatic heterocycles. The highest BCUT2D eigenvalue weighted by atomic mass is 16.3. The number of unbranched alkanes of at least 4 members (excludes halogenated alkanes) is 2. The van der Waals surface area contributed by atoms with Crippen LogP contribution in [0.2, 0.25) is 0 Å². The molecule has 0 bridgehead atoms. The lowest BCUT2D eigenvalue weighted by atomic mass is 10.2. The van der Waals surface area contributed by atoms with Crippen molar-refractivity contribution >= 4 is 17.5 Å². The van der Waals surface area contributed by atoms with Gasteiger partial charge in [0, 0.05) is 32.7 Å². The molecule has 0 aliphatic carbocycles. The van der Waals surface area contributed by atoms with Gasteiger partial charge >= 0.3 is 0 Å². The van der Waals surface area contributed by atoms with E-state index in [1.54, 1.807) is 18.4 Å². The highest BCUT2D eigenvalue weighted by molar-refractivity contribution is 5.81. The Balaban J connectivity index is 1.76. The molecule has 3 aromatic rings. The summed E-state index contributed by atoms with van der Waals surface area (Å²) in [5.74, 6) is 1.31. The number of benzene rings is 1. The lowest BCUT2D eigenvalue weighted by Gasteiger charge is -2.13. The van der Waals surface area contributed by atoms with Gasteiger partial charge in [-0.3, -0.25) is 4.79 Å². The molecule has 1 N–H and O–H groups in total. The summed E-state index contributed by atoms with van der Waals surface area (Å²) < 4.78 is 6.75.